The number of carbonyl (C=O) groups is 2. The van der Waals surface area contributed by atoms with Crippen molar-refractivity contribution in [2.45, 2.75) is 6.54 Å². The van der Waals surface area contributed by atoms with Gasteiger partial charge < -0.3 is 14.7 Å². The van der Waals surface area contributed by atoms with Crippen LogP contribution in [0.15, 0.2) is 54.6 Å². The largest absolute Gasteiger partial charge is 0.478 e. The van der Waals surface area contributed by atoms with Crippen molar-refractivity contribution in [3.8, 4) is 16.9 Å². The molecule has 0 spiro atoms. The van der Waals surface area contributed by atoms with Crippen LogP contribution in [-0.4, -0.2) is 28.6 Å². The molecule has 0 aromatic heterocycles. The number of amides is 1. The Morgan fingerprint density at radius 2 is 1.70 bits per heavy atom. The van der Waals surface area contributed by atoms with E-state index in [-0.39, 0.29) is 24.2 Å². The van der Waals surface area contributed by atoms with E-state index >= 15 is 0 Å². The molecule has 0 unspecified atom stereocenters. The van der Waals surface area contributed by atoms with Crippen LogP contribution in [0.3, 0.4) is 0 Å². The topological polar surface area (TPSA) is 66.8 Å². The first kappa shape index (κ1) is 20.2. The minimum Gasteiger partial charge on any atom is -0.478 e. The van der Waals surface area contributed by atoms with Crippen molar-refractivity contribution in [1.82, 2.24) is 4.90 Å². The molecule has 4 rings (SSSR count). The Labute approximate surface area is 181 Å². The third-order valence-corrected chi connectivity index (χ3v) is 5.32. The Kier molecular flexibility index (Phi) is 5.37. The molecule has 0 aliphatic carbocycles. The van der Waals surface area contributed by atoms with Gasteiger partial charge in [0.2, 0.25) is 0 Å². The number of nitrogens with zero attached hydrogens (tertiary/aromatic N) is 1. The van der Waals surface area contributed by atoms with E-state index in [1.165, 1.54) is 23.1 Å². The Morgan fingerprint density at radius 3 is 2.43 bits per heavy atom. The first-order valence-corrected chi connectivity index (χ1v) is 9.62. The molecule has 152 valence electrons. The van der Waals surface area contributed by atoms with Crippen LogP contribution in [0, 0.1) is 5.82 Å². The lowest BCUT2D eigenvalue weighted by Crippen LogP contribution is -2.37. The fourth-order valence-electron chi connectivity index (χ4n) is 3.25. The zero-order valence-corrected chi connectivity index (χ0v) is 16.9. The van der Waals surface area contributed by atoms with Gasteiger partial charge in [0.1, 0.15) is 11.6 Å². The molecule has 3 aromatic rings. The third kappa shape index (κ3) is 3.84. The van der Waals surface area contributed by atoms with E-state index in [2.05, 4.69) is 0 Å². The van der Waals surface area contributed by atoms with Crippen molar-refractivity contribution in [3.05, 3.63) is 87.2 Å². The SMILES string of the molecule is O=C(O)c1cc(-c2ccc3c(c2)CN(C(=O)c2ccc(Cl)cc2Cl)CO3)ccc1F. The summed E-state index contributed by atoms with van der Waals surface area (Å²) in [6, 6.07) is 13.8. The first-order valence-electron chi connectivity index (χ1n) is 8.87. The van der Waals surface area contributed by atoms with Crippen LogP contribution >= 0.6 is 23.2 Å². The number of benzene rings is 3. The summed E-state index contributed by atoms with van der Waals surface area (Å²) in [5.41, 5.74) is 1.86. The Hall–Kier alpha value is -3.09. The number of hydrogen-bond donors (Lipinski definition) is 1. The number of carboxylic acid groups (broad SMARTS) is 1. The molecule has 1 aliphatic heterocycles. The molecule has 0 atom stereocenters. The maximum atomic E-state index is 13.7. The Bertz CT molecular complexity index is 1180. The molecule has 8 heteroatoms. The molecule has 0 radical (unpaired) electrons. The van der Waals surface area contributed by atoms with E-state index in [1.54, 1.807) is 30.3 Å². The van der Waals surface area contributed by atoms with Gasteiger partial charge in [0.15, 0.2) is 6.73 Å². The Morgan fingerprint density at radius 1 is 0.967 bits per heavy atom. The third-order valence-electron chi connectivity index (χ3n) is 4.78. The van der Waals surface area contributed by atoms with Gasteiger partial charge >= 0.3 is 5.97 Å². The fraction of sp³-hybridized carbons (Fsp3) is 0.0909. The van der Waals surface area contributed by atoms with Crippen molar-refractivity contribution >= 4 is 35.1 Å². The number of rotatable bonds is 3. The minimum atomic E-state index is -1.34. The summed E-state index contributed by atoms with van der Waals surface area (Å²) in [5.74, 6) is -1.83. The normalized spacial score (nSPS) is 12.8. The predicted molar refractivity (Wildman–Crippen MR) is 111 cm³/mol. The predicted octanol–water partition coefficient (Wildman–Crippen LogP) is 5.49. The van der Waals surface area contributed by atoms with Gasteiger partial charge in [-0.25, -0.2) is 9.18 Å². The summed E-state index contributed by atoms with van der Waals surface area (Å²) in [5, 5.41) is 9.83. The van der Waals surface area contributed by atoms with E-state index in [0.29, 0.717) is 27.5 Å². The number of hydrogen-bond acceptors (Lipinski definition) is 3. The Balaban J connectivity index is 1.63. The van der Waals surface area contributed by atoms with E-state index in [0.717, 1.165) is 11.6 Å². The van der Waals surface area contributed by atoms with Crippen LogP contribution in [0.4, 0.5) is 4.39 Å². The highest BCUT2D eigenvalue weighted by Crippen LogP contribution is 2.32. The second kappa shape index (κ2) is 7.97. The zero-order valence-electron chi connectivity index (χ0n) is 15.4. The molecule has 0 fully saturated rings. The van der Waals surface area contributed by atoms with Crippen molar-refractivity contribution < 1.29 is 23.8 Å². The van der Waals surface area contributed by atoms with Crippen LogP contribution in [0.25, 0.3) is 11.1 Å². The van der Waals surface area contributed by atoms with Crippen LogP contribution in [0.2, 0.25) is 10.0 Å². The molecule has 0 bridgehead atoms. The molecule has 30 heavy (non-hydrogen) atoms. The second-order valence-corrected chi connectivity index (χ2v) is 7.57. The lowest BCUT2D eigenvalue weighted by molar-refractivity contribution is 0.0514. The number of carbonyl (C=O) groups excluding carboxylic acids is 1. The summed E-state index contributed by atoms with van der Waals surface area (Å²) in [4.78, 5) is 25.6. The monoisotopic (exact) mass is 445 g/mol. The van der Waals surface area contributed by atoms with Gasteiger partial charge in [-0.05, 0) is 53.6 Å². The van der Waals surface area contributed by atoms with Gasteiger partial charge in [0.05, 0.1) is 22.7 Å². The average Bonchev–Trinajstić information content (AvgIpc) is 2.72. The molecular weight excluding hydrogens is 432 g/mol. The summed E-state index contributed by atoms with van der Waals surface area (Å²) < 4.78 is 19.4. The van der Waals surface area contributed by atoms with Gasteiger partial charge in [-0.2, -0.15) is 0 Å². The summed E-state index contributed by atoms with van der Waals surface area (Å²) in [7, 11) is 0. The van der Waals surface area contributed by atoms with Gasteiger partial charge in [-0.15, -0.1) is 0 Å². The van der Waals surface area contributed by atoms with E-state index in [1.807, 2.05) is 0 Å². The fourth-order valence-corrected chi connectivity index (χ4v) is 3.74. The molecule has 5 nitrogen and oxygen atoms in total. The smallest absolute Gasteiger partial charge is 0.338 e. The maximum absolute atomic E-state index is 13.7. The lowest BCUT2D eigenvalue weighted by Gasteiger charge is -2.29. The average molecular weight is 446 g/mol. The van der Waals surface area contributed by atoms with Gasteiger partial charge in [-0.1, -0.05) is 35.3 Å². The summed E-state index contributed by atoms with van der Waals surface area (Å²) >= 11 is 12.0. The molecule has 1 heterocycles. The van der Waals surface area contributed by atoms with Gasteiger partial charge in [-0.3, -0.25) is 4.79 Å². The molecule has 1 N–H and O–H groups in total. The summed E-state index contributed by atoms with van der Waals surface area (Å²) in [6.45, 7) is 0.331. The highest BCUT2D eigenvalue weighted by Gasteiger charge is 2.25. The van der Waals surface area contributed by atoms with Crippen molar-refractivity contribution in [2.24, 2.45) is 0 Å². The quantitative estimate of drug-likeness (QED) is 0.578. The molecular formula is C22H14Cl2FNO4. The highest BCUT2D eigenvalue weighted by atomic mass is 35.5. The first-order chi connectivity index (χ1) is 14.3. The number of halogens is 3. The second-order valence-electron chi connectivity index (χ2n) is 6.72. The van der Waals surface area contributed by atoms with E-state index < -0.39 is 17.3 Å². The number of carboxylic acids is 1. The van der Waals surface area contributed by atoms with E-state index in [9.17, 15) is 14.0 Å². The van der Waals surface area contributed by atoms with Crippen LogP contribution < -0.4 is 4.74 Å². The molecule has 0 saturated heterocycles. The van der Waals surface area contributed by atoms with Crippen molar-refractivity contribution in [2.75, 3.05) is 6.73 Å². The zero-order chi connectivity index (χ0) is 21.4. The highest BCUT2D eigenvalue weighted by molar-refractivity contribution is 6.36. The van der Waals surface area contributed by atoms with Crippen LogP contribution in [0.5, 0.6) is 5.75 Å². The van der Waals surface area contributed by atoms with Crippen LogP contribution in [-0.2, 0) is 6.54 Å². The maximum Gasteiger partial charge on any atom is 0.338 e. The molecule has 1 aliphatic rings. The number of aromatic carboxylic acids is 1. The summed E-state index contributed by atoms with van der Waals surface area (Å²) in [6.07, 6.45) is 0. The lowest BCUT2D eigenvalue weighted by atomic mass is 9.99. The number of fused-ring (bicyclic) bond motifs is 1. The van der Waals surface area contributed by atoms with Crippen LogP contribution in [0.1, 0.15) is 26.3 Å². The van der Waals surface area contributed by atoms with Gasteiger partial charge in [0, 0.05) is 10.6 Å². The van der Waals surface area contributed by atoms with Crippen molar-refractivity contribution in [1.29, 1.82) is 0 Å². The van der Waals surface area contributed by atoms with Gasteiger partial charge in [0.25, 0.3) is 5.91 Å². The number of ether oxygens (including phenoxy) is 1. The minimum absolute atomic E-state index is 0.0594. The molecule has 0 saturated carbocycles. The van der Waals surface area contributed by atoms with Crippen molar-refractivity contribution in [3.63, 3.8) is 0 Å². The molecule has 1 amide bonds. The van der Waals surface area contributed by atoms with E-state index in [4.69, 9.17) is 33.0 Å². The molecule has 3 aromatic carbocycles. The standard InChI is InChI=1S/C22H14Cl2FNO4/c23-15-3-4-16(18(24)9-15)21(27)26-10-14-7-12(2-6-20(14)30-11-26)13-1-5-19(25)17(8-13)22(28)29/h1-9H,10-11H2,(H,28,29).